The van der Waals surface area contributed by atoms with Crippen LogP contribution in [0.2, 0.25) is 10.0 Å². The minimum atomic E-state index is -0.507. The number of halogens is 2. The van der Waals surface area contributed by atoms with Crippen molar-refractivity contribution in [3.8, 4) is 0 Å². The monoisotopic (exact) mass is 418 g/mol. The van der Waals surface area contributed by atoms with E-state index in [-0.39, 0.29) is 28.2 Å². The molecule has 6 nitrogen and oxygen atoms in total. The fourth-order valence-electron chi connectivity index (χ4n) is 3.35. The lowest BCUT2D eigenvalue weighted by molar-refractivity contribution is 0.0857. The molecule has 2 aromatic rings. The summed E-state index contributed by atoms with van der Waals surface area (Å²) in [5.74, 6) is -1.29. The highest BCUT2D eigenvalue weighted by Gasteiger charge is 2.37. The van der Waals surface area contributed by atoms with Crippen molar-refractivity contribution >= 4 is 46.6 Å². The molecule has 0 spiro atoms. The van der Waals surface area contributed by atoms with E-state index in [2.05, 4.69) is 5.32 Å². The number of imide groups is 1. The van der Waals surface area contributed by atoms with Crippen LogP contribution < -0.4 is 10.2 Å². The molecule has 144 valence electrons. The van der Waals surface area contributed by atoms with Gasteiger partial charge in [0.05, 0.1) is 33.0 Å². The number of benzene rings is 2. The summed E-state index contributed by atoms with van der Waals surface area (Å²) < 4.78 is 5.49. The quantitative estimate of drug-likeness (QED) is 0.767. The topological polar surface area (TPSA) is 75.7 Å². The van der Waals surface area contributed by atoms with Gasteiger partial charge in [-0.2, -0.15) is 0 Å². The van der Waals surface area contributed by atoms with Gasteiger partial charge in [-0.05, 0) is 49.2 Å². The van der Waals surface area contributed by atoms with Crippen LogP contribution in [0.5, 0.6) is 0 Å². The van der Waals surface area contributed by atoms with Crippen LogP contribution in [0, 0.1) is 0 Å². The van der Waals surface area contributed by atoms with Gasteiger partial charge < -0.3 is 10.1 Å². The number of amides is 3. The number of ether oxygens (including phenoxy) is 1. The number of nitrogens with one attached hydrogen (secondary N) is 1. The molecule has 28 heavy (non-hydrogen) atoms. The number of carbonyl (C=O) groups is 3. The molecule has 0 aliphatic carbocycles. The van der Waals surface area contributed by atoms with E-state index in [1.165, 1.54) is 30.3 Å². The molecule has 8 heteroatoms. The molecule has 1 atom stereocenters. The average Bonchev–Trinajstić information content (AvgIpc) is 3.29. The molecule has 0 radical (unpaired) electrons. The van der Waals surface area contributed by atoms with Gasteiger partial charge in [0.25, 0.3) is 17.7 Å². The van der Waals surface area contributed by atoms with Gasteiger partial charge in [-0.15, -0.1) is 0 Å². The predicted molar refractivity (Wildman–Crippen MR) is 105 cm³/mol. The number of rotatable bonds is 4. The zero-order valence-electron chi connectivity index (χ0n) is 14.7. The average molecular weight is 419 g/mol. The fraction of sp³-hybridized carbons (Fsp3) is 0.250. The van der Waals surface area contributed by atoms with E-state index in [1.807, 2.05) is 0 Å². The van der Waals surface area contributed by atoms with E-state index in [0.29, 0.717) is 29.4 Å². The second kappa shape index (κ2) is 7.54. The summed E-state index contributed by atoms with van der Waals surface area (Å²) in [6.45, 7) is 1.12. The Bertz CT molecular complexity index is 986. The van der Waals surface area contributed by atoms with Gasteiger partial charge in [0.2, 0.25) is 0 Å². The van der Waals surface area contributed by atoms with Crippen molar-refractivity contribution in [3.05, 3.63) is 63.1 Å². The number of hydrogen-bond acceptors (Lipinski definition) is 4. The summed E-state index contributed by atoms with van der Waals surface area (Å²) in [4.78, 5) is 39.0. The molecule has 1 saturated heterocycles. The van der Waals surface area contributed by atoms with Crippen LogP contribution in [0.1, 0.15) is 43.9 Å². The van der Waals surface area contributed by atoms with Gasteiger partial charge in [-0.25, -0.2) is 4.90 Å². The number of nitrogens with zero attached hydrogens (tertiary/aromatic N) is 1. The molecule has 2 aromatic carbocycles. The minimum Gasteiger partial charge on any atom is -0.376 e. The van der Waals surface area contributed by atoms with Crippen molar-refractivity contribution in [2.45, 2.75) is 18.9 Å². The lowest BCUT2D eigenvalue weighted by Gasteiger charge is -2.14. The SMILES string of the molecule is O=C(NC[C@@H]1CCCO1)c1ccc2c(c1)C(=O)N(c1ccc(Cl)c(Cl)c1)C2=O. The zero-order chi connectivity index (χ0) is 19.8. The van der Waals surface area contributed by atoms with E-state index in [9.17, 15) is 14.4 Å². The van der Waals surface area contributed by atoms with Gasteiger partial charge in [0.1, 0.15) is 0 Å². The Morgan fingerprint density at radius 2 is 1.86 bits per heavy atom. The highest BCUT2D eigenvalue weighted by Crippen LogP contribution is 2.33. The van der Waals surface area contributed by atoms with Crippen molar-refractivity contribution in [1.29, 1.82) is 0 Å². The molecule has 2 aliphatic rings. The number of fused-ring (bicyclic) bond motifs is 1. The van der Waals surface area contributed by atoms with Crippen LogP contribution in [0.15, 0.2) is 36.4 Å². The predicted octanol–water partition coefficient (Wildman–Crippen LogP) is 3.70. The summed E-state index contributed by atoms with van der Waals surface area (Å²) in [6.07, 6.45) is 1.92. The normalized spacial score (nSPS) is 18.5. The second-order valence-electron chi connectivity index (χ2n) is 6.65. The van der Waals surface area contributed by atoms with Crippen molar-refractivity contribution < 1.29 is 19.1 Å². The maximum absolute atomic E-state index is 12.8. The van der Waals surface area contributed by atoms with Crippen LogP contribution in [0.25, 0.3) is 0 Å². The van der Waals surface area contributed by atoms with Gasteiger partial charge in [0, 0.05) is 18.7 Å². The van der Waals surface area contributed by atoms with Crippen LogP contribution in [-0.2, 0) is 4.74 Å². The van der Waals surface area contributed by atoms with Crippen molar-refractivity contribution in [3.63, 3.8) is 0 Å². The smallest absolute Gasteiger partial charge is 0.266 e. The third kappa shape index (κ3) is 3.39. The molecule has 0 aromatic heterocycles. The van der Waals surface area contributed by atoms with Crippen molar-refractivity contribution in [1.82, 2.24) is 5.32 Å². The molecule has 0 bridgehead atoms. The molecule has 0 unspecified atom stereocenters. The third-order valence-electron chi connectivity index (χ3n) is 4.82. The highest BCUT2D eigenvalue weighted by atomic mass is 35.5. The fourth-order valence-corrected chi connectivity index (χ4v) is 3.65. The molecule has 2 aliphatic heterocycles. The third-order valence-corrected chi connectivity index (χ3v) is 5.56. The van der Waals surface area contributed by atoms with E-state index >= 15 is 0 Å². The van der Waals surface area contributed by atoms with E-state index in [1.54, 1.807) is 6.07 Å². The maximum atomic E-state index is 12.8. The maximum Gasteiger partial charge on any atom is 0.266 e. The minimum absolute atomic E-state index is 0.0201. The largest absolute Gasteiger partial charge is 0.376 e. The lowest BCUT2D eigenvalue weighted by atomic mass is 10.1. The molecular weight excluding hydrogens is 403 g/mol. The van der Waals surface area contributed by atoms with Gasteiger partial charge in [0.15, 0.2) is 0 Å². The first-order valence-electron chi connectivity index (χ1n) is 8.83. The number of hydrogen-bond donors (Lipinski definition) is 1. The zero-order valence-corrected chi connectivity index (χ0v) is 16.2. The Morgan fingerprint density at radius 1 is 1.07 bits per heavy atom. The second-order valence-corrected chi connectivity index (χ2v) is 7.46. The summed E-state index contributed by atoms with van der Waals surface area (Å²) in [6, 6.07) is 9.00. The Morgan fingerprint density at radius 3 is 2.57 bits per heavy atom. The Labute approximate surface area is 171 Å². The van der Waals surface area contributed by atoms with Gasteiger partial charge >= 0.3 is 0 Å². The van der Waals surface area contributed by atoms with E-state index in [4.69, 9.17) is 27.9 Å². The summed E-state index contributed by atoms with van der Waals surface area (Å²) in [5, 5.41) is 3.38. The molecular formula is C20H16Cl2N2O4. The number of carbonyl (C=O) groups excluding carboxylic acids is 3. The Balaban J connectivity index is 1.56. The Kier molecular flexibility index (Phi) is 5.10. The van der Waals surface area contributed by atoms with Gasteiger partial charge in [-0.3, -0.25) is 14.4 Å². The van der Waals surface area contributed by atoms with Crippen LogP contribution in [0.3, 0.4) is 0 Å². The van der Waals surface area contributed by atoms with Crippen LogP contribution >= 0.6 is 23.2 Å². The van der Waals surface area contributed by atoms with E-state index < -0.39 is 11.8 Å². The first kappa shape index (κ1) is 18.9. The first-order chi connectivity index (χ1) is 13.5. The highest BCUT2D eigenvalue weighted by molar-refractivity contribution is 6.42. The van der Waals surface area contributed by atoms with Crippen molar-refractivity contribution in [2.75, 3.05) is 18.1 Å². The van der Waals surface area contributed by atoms with Crippen LogP contribution in [-0.4, -0.2) is 37.0 Å². The molecule has 1 fully saturated rings. The first-order valence-corrected chi connectivity index (χ1v) is 9.59. The molecule has 2 heterocycles. The summed E-state index contributed by atoms with van der Waals surface area (Å²) in [5.41, 5.74) is 1.06. The summed E-state index contributed by atoms with van der Waals surface area (Å²) in [7, 11) is 0. The van der Waals surface area contributed by atoms with Gasteiger partial charge in [-0.1, -0.05) is 23.2 Å². The molecule has 3 amide bonds. The standard InChI is InChI=1S/C20H16Cl2N2O4/c21-16-6-4-12(9-17(16)22)24-19(26)14-5-3-11(8-15(14)20(24)27)18(25)23-10-13-2-1-7-28-13/h3-6,8-9,13H,1-2,7,10H2,(H,23,25)/t13-/m0/s1. The summed E-state index contributed by atoms with van der Waals surface area (Å²) >= 11 is 11.9. The van der Waals surface area contributed by atoms with E-state index in [0.717, 1.165) is 17.7 Å². The molecule has 4 rings (SSSR count). The lowest BCUT2D eigenvalue weighted by Crippen LogP contribution is -2.31. The Hall–Kier alpha value is -2.41. The number of anilines is 1. The van der Waals surface area contributed by atoms with Crippen molar-refractivity contribution in [2.24, 2.45) is 0 Å². The molecule has 1 N–H and O–H groups in total. The molecule has 0 saturated carbocycles. The van der Waals surface area contributed by atoms with Crippen LogP contribution in [0.4, 0.5) is 5.69 Å².